The number of carboxylic acids is 1. The van der Waals surface area contributed by atoms with Crippen molar-refractivity contribution in [2.45, 2.75) is 79.9 Å². The number of fused-ring (bicyclic) bond motifs is 2. The summed E-state index contributed by atoms with van der Waals surface area (Å²) in [6.45, 7) is 14.4. The van der Waals surface area contributed by atoms with Crippen LogP contribution in [-0.4, -0.2) is 194 Å². The van der Waals surface area contributed by atoms with Gasteiger partial charge in [0.05, 0.1) is 121 Å². The van der Waals surface area contributed by atoms with Crippen molar-refractivity contribution in [3.05, 3.63) is 83.6 Å². The Kier molecular flexibility index (Phi) is 28.3. The Bertz CT molecular complexity index is 2410. The van der Waals surface area contributed by atoms with E-state index in [2.05, 4.69) is 9.48 Å². The van der Waals surface area contributed by atoms with Crippen LogP contribution in [0.5, 0.6) is 0 Å². The maximum Gasteiger partial charge on any atom is 0.303 e. The Morgan fingerprint density at radius 2 is 1.11 bits per heavy atom. The molecule has 0 saturated heterocycles. The standard InChI is InChI=1S/C53H80N2O18S2/c1-6-54-47-18-16-43(74(58,59)60)41-45(47)52(2,20-23-66-29-31-70-37-39-72-35-33-68-27-25-64-4)49(54)13-9-7-10-14-50-53(3,21-24-67-30-32-71-38-40-73-36-34-69-28-26-65-5)46-42-44(75(61,62)63)17-19-48(46)55(50)22-12-8-11-15-51(56)57/h7,9-10,13-14,16-19,41-42H,6,8,11-12,15,20-40H2,1-5H3,(H2-,56,57,58,59,60,61,62,63). The average Bonchev–Trinajstić information content (AvgIpc) is 3.75. The molecule has 0 aromatic heterocycles. The zero-order valence-corrected chi connectivity index (χ0v) is 46.0. The van der Waals surface area contributed by atoms with E-state index < -0.39 is 37.0 Å². The topological polar surface area (TPSA) is 247 Å². The molecule has 0 spiro atoms. The van der Waals surface area contributed by atoms with Crippen molar-refractivity contribution >= 4 is 43.3 Å². The number of ether oxygens (including phenoxy) is 10. The van der Waals surface area contributed by atoms with E-state index in [1.807, 2.05) is 51.2 Å². The second kappa shape index (κ2) is 33.3. The van der Waals surface area contributed by atoms with Gasteiger partial charge in [0.2, 0.25) is 5.69 Å². The zero-order chi connectivity index (χ0) is 54.6. The van der Waals surface area contributed by atoms with Crippen molar-refractivity contribution in [2.75, 3.05) is 151 Å². The third-order valence-electron chi connectivity index (χ3n) is 12.9. The molecule has 0 amide bonds. The van der Waals surface area contributed by atoms with Crippen LogP contribution >= 0.6 is 0 Å². The minimum atomic E-state index is -4.75. The highest BCUT2D eigenvalue weighted by Gasteiger charge is 2.48. The Morgan fingerprint density at radius 1 is 0.627 bits per heavy atom. The first-order valence-corrected chi connectivity index (χ1v) is 28.4. The summed E-state index contributed by atoms with van der Waals surface area (Å²) in [6.07, 6.45) is 12.3. The molecule has 2 aromatic carbocycles. The normalized spacial score (nSPS) is 18.4. The first-order chi connectivity index (χ1) is 36.0. The van der Waals surface area contributed by atoms with Gasteiger partial charge in [-0.2, -0.15) is 13.0 Å². The minimum Gasteiger partial charge on any atom is -0.744 e. The van der Waals surface area contributed by atoms with Gasteiger partial charge in [0.15, 0.2) is 5.71 Å². The lowest BCUT2D eigenvalue weighted by Gasteiger charge is -2.30. The molecular weight excluding hydrogens is 1020 g/mol. The number of anilines is 1. The van der Waals surface area contributed by atoms with Crippen molar-refractivity contribution in [2.24, 2.45) is 0 Å². The summed E-state index contributed by atoms with van der Waals surface area (Å²) in [5.41, 5.74) is 3.08. The Balaban J connectivity index is 1.54. The number of allylic oxidation sites excluding steroid dienone is 6. The van der Waals surface area contributed by atoms with E-state index in [1.54, 1.807) is 26.4 Å². The van der Waals surface area contributed by atoms with Crippen LogP contribution in [0.2, 0.25) is 0 Å². The molecule has 4 rings (SSSR count). The van der Waals surface area contributed by atoms with Crippen molar-refractivity contribution in [3.8, 4) is 0 Å². The number of unbranched alkanes of at least 4 members (excludes halogenated alkanes) is 2. The lowest BCUT2D eigenvalue weighted by atomic mass is 9.76. The molecule has 2 aliphatic heterocycles. The molecule has 0 fully saturated rings. The predicted molar refractivity (Wildman–Crippen MR) is 280 cm³/mol. The highest BCUT2D eigenvalue weighted by Crippen LogP contribution is 2.50. The fourth-order valence-electron chi connectivity index (χ4n) is 8.93. The summed E-state index contributed by atoms with van der Waals surface area (Å²) in [5.74, 6) is -0.866. The molecule has 0 aliphatic carbocycles. The van der Waals surface area contributed by atoms with Gasteiger partial charge in [-0.3, -0.25) is 9.35 Å². The number of benzene rings is 2. The molecule has 2 aromatic rings. The van der Waals surface area contributed by atoms with Gasteiger partial charge in [-0.1, -0.05) is 18.2 Å². The van der Waals surface area contributed by atoms with Gasteiger partial charge in [0, 0.05) is 81.3 Å². The van der Waals surface area contributed by atoms with Crippen LogP contribution in [0.4, 0.5) is 11.4 Å². The summed E-state index contributed by atoms with van der Waals surface area (Å²) in [5, 5.41) is 9.26. The SMILES string of the molecule is CCN1/C(=C/C=C/C=C/C2=[N+](CCCCCC(=O)O)c3ccc(S(=O)(=O)O)cc3C2(C)CCOCCOCCOCCOCCOC)C(C)(CCOCCOCCOCCOCCOC)c2cc(S(=O)(=O)[O-])ccc21. The van der Waals surface area contributed by atoms with E-state index >= 15 is 0 Å². The van der Waals surface area contributed by atoms with E-state index in [-0.39, 0.29) is 22.8 Å². The number of hydrogen-bond acceptors (Lipinski definition) is 17. The predicted octanol–water partition coefficient (Wildman–Crippen LogP) is 5.84. The van der Waals surface area contributed by atoms with Gasteiger partial charge in [-0.05, 0) is 88.4 Å². The highest BCUT2D eigenvalue weighted by molar-refractivity contribution is 7.86. The molecule has 2 heterocycles. The van der Waals surface area contributed by atoms with Gasteiger partial charge >= 0.3 is 5.97 Å². The van der Waals surface area contributed by atoms with Crippen molar-refractivity contribution in [1.29, 1.82) is 0 Å². The van der Waals surface area contributed by atoms with Crippen LogP contribution in [0.25, 0.3) is 0 Å². The number of carbonyl (C=O) groups is 1. The Morgan fingerprint density at radius 3 is 1.59 bits per heavy atom. The summed E-state index contributed by atoms with van der Waals surface area (Å²) < 4.78 is 129. The van der Waals surface area contributed by atoms with Gasteiger partial charge < -0.3 is 61.9 Å². The fourth-order valence-corrected chi connectivity index (χ4v) is 9.93. The molecule has 2 N–H and O–H groups in total. The Hall–Kier alpha value is -3.98. The summed E-state index contributed by atoms with van der Waals surface area (Å²) in [4.78, 5) is 12.8. The number of hydrogen-bond donors (Lipinski definition) is 2. The van der Waals surface area contributed by atoms with E-state index in [4.69, 9.17) is 47.4 Å². The number of likely N-dealkylation sites (N-methyl/N-ethyl adjacent to an activating group) is 1. The molecule has 75 heavy (non-hydrogen) atoms. The van der Waals surface area contributed by atoms with Gasteiger partial charge in [-0.25, -0.2) is 8.42 Å². The number of rotatable bonds is 42. The molecule has 2 atom stereocenters. The van der Waals surface area contributed by atoms with Crippen LogP contribution in [0.1, 0.15) is 70.4 Å². The third kappa shape index (κ3) is 20.4. The molecule has 422 valence electrons. The summed E-state index contributed by atoms with van der Waals surface area (Å²) >= 11 is 0. The zero-order valence-electron chi connectivity index (χ0n) is 44.4. The quantitative estimate of drug-likeness (QED) is 0.0343. The fraction of sp³-hybridized carbons (Fsp3) is 0.623. The van der Waals surface area contributed by atoms with E-state index in [0.29, 0.717) is 169 Å². The molecule has 2 aliphatic rings. The average molecular weight is 1100 g/mol. The lowest BCUT2D eigenvalue weighted by Crippen LogP contribution is -2.33. The van der Waals surface area contributed by atoms with Crippen LogP contribution in [0.3, 0.4) is 0 Å². The molecule has 2 unspecified atom stereocenters. The lowest BCUT2D eigenvalue weighted by molar-refractivity contribution is -0.438. The van der Waals surface area contributed by atoms with Crippen molar-refractivity contribution in [3.63, 3.8) is 0 Å². The summed E-state index contributed by atoms with van der Waals surface area (Å²) in [7, 11) is -6.07. The molecule has 20 nitrogen and oxygen atoms in total. The Labute approximate surface area is 444 Å². The summed E-state index contributed by atoms with van der Waals surface area (Å²) in [6, 6.07) is 9.05. The van der Waals surface area contributed by atoms with Crippen molar-refractivity contribution < 1.29 is 87.8 Å². The first-order valence-electron chi connectivity index (χ1n) is 25.5. The van der Waals surface area contributed by atoms with Crippen LogP contribution < -0.4 is 4.90 Å². The third-order valence-corrected chi connectivity index (χ3v) is 14.6. The van der Waals surface area contributed by atoms with E-state index in [9.17, 15) is 35.8 Å². The molecule has 0 radical (unpaired) electrons. The molecule has 22 heteroatoms. The minimum absolute atomic E-state index is 0.0475. The highest BCUT2D eigenvalue weighted by atomic mass is 32.2. The molecule has 0 saturated carbocycles. The smallest absolute Gasteiger partial charge is 0.303 e. The monoisotopic (exact) mass is 1100 g/mol. The molecular formula is C53H80N2O18S2. The number of carboxylic acid groups (broad SMARTS) is 1. The van der Waals surface area contributed by atoms with Gasteiger partial charge in [0.1, 0.15) is 16.7 Å². The second-order valence-electron chi connectivity index (χ2n) is 18.1. The number of nitrogens with zero attached hydrogens (tertiary/aromatic N) is 2. The first kappa shape index (κ1) is 63.6. The van der Waals surface area contributed by atoms with Crippen LogP contribution in [0.15, 0.2) is 82.3 Å². The van der Waals surface area contributed by atoms with Gasteiger partial charge in [-0.15, -0.1) is 0 Å². The maximum absolute atomic E-state index is 12.5. The van der Waals surface area contributed by atoms with Crippen LogP contribution in [-0.2, 0) is 83.2 Å². The number of methoxy groups -OCH3 is 2. The number of aliphatic carboxylic acids is 1. The van der Waals surface area contributed by atoms with Crippen molar-refractivity contribution in [1.82, 2.24) is 0 Å². The van der Waals surface area contributed by atoms with E-state index in [1.165, 1.54) is 24.3 Å². The van der Waals surface area contributed by atoms with E-state index in [0.717, 1.165) is 22.8 Å². The molecule has 0 bridgehead atoms. The largest absolute Gasteiger partial charge is 0.744 e. The van der Waals surface area contributed by atoms with Crippen LogP contribution in [0, 0.1) is 0 Å². The second-order valence-corrected chi connectivity index (χ2v) is 20.9. The van der Waals surface area contributed by atoms with Gasteiger partial charge in [0.25, 0.3) is 10.1 Å². The maximum atomic E-state index is 12.5.